The zero-order valence-corrected chi connectivity index (χ0v) is 6.92. The molecule has 0 aliphatic rings. The summed E-state index contributed by atoms with van der Waals surface area (Å²) in [5, 5.41) is 7.13. The van der Waals surface area contributed by atoms with Gasteiger partial charge in [0, 0.05) is 12.3 Å². The number of aromatic nitrogens is 3. The molecule has 60 valence electrons. The summed E-state index contributed by atoms with van der Waals surface area (Å²) in [6, 6.07) is 7.39. The molecule has 2 aromatic heterocycles. The SMILES string of the molecule is Clc1cc(-c2ccccn2)n[nH]1. The van der Waals surface area contributed by atoms with E-state index in [0.717, 1.165) is 11.4 Å². The van der Waals surface area contributed by atoms with E-state index in [9.17, 15) is 0 Å². The second-order valence-electron chi connectivity index (χ2n) is 2.32. The quantitative estimate of drug-likeness (QED) is 0.729. The van der Waals surface area contributed by atoms with E-state index in [0.29, 0.717) is 5.15 Å². The molecule has 0 aliphatic carbocycles. The normalized spacial score (nSPS) is 10.1. The van der Waals surface area contributed by atoms with Crippen LogP contribution in [0.2, 0.25) is 5.15 Å². The van der Waals surface area contributed by atoms with Crippen LogP contribution in [0.3, 0.4) is 0 Å². The van der Waals surface area contributed by atoms with E-state index in [1.54, 1.807) is 12.3 Å². The van der Waals surface area contributed by atoms with Crippen LogP contribution in [0.1, 0.15) is 0 Å². The van der Waals surface area contributed by atoms with Crippen molar-refractivity contribution in [3.8, 4) is 11.4 Å². The molecule has 0 bridgehead atoms. The Labute approximate surface area is 74.4 Å². The Bertz CT molecular complexity index is 369. The van der Waals surface area contributed by atoms with Crippen molar-refractivity contribution >= 4 is 11.6 Å². The molecule has 3 nitrogen and oxygen atoms in total. The largest absolute Gasteiger partial charge is 0.267 e. The maximum Gasteiger partial charge on any atom is 0.124 e. The highest BCUT2D eigenvalue weighted by Crippen LogP contribution is 2.16. The van der Waals surface area contributed by atoms with Gasteiger partial charge in [-0.15, -0.1) is 0 Å². The molecule has 4 heteroatoms. The molecule has 2 aromatic rings. The lowest BCUT2D eigenvalue weighted by Gasteiger charge is -1.90. The van der Waals surface area contributed by atoms with Gasteiger partial charge in [-0.3, -0.25) is 10.1 Å². The molecule has 0 fully saturated rings. The number of rotatable bonds is 1. The summed E-state index contributed by atoms with van der Waals surface area (Å²) in [5.74, 6) is 0. The number of nitrogens with one attached hydrogen (secondary N) is 1. The number of halogens is 1. The van der Waals surface area contributed by atoms with Crippen molar-refractivity contribution in [2.45, 2.75) is 0 Å². The van der Waals surface area contributed by atoms with E-state index in [1.807, 2.05) is 18.2 Å². The molecule has 1 N–H and O–H groups in total. The maximum atomic E-state index is 5.66. The fraction of sp³-hybridized carbons (Fsp3) is 0. The lowest BCUT2D eigenvalue weighted by molar-refractivity contribution is 1.09. The molecule has 0 amide bonds. The van der Waals surface area contributed by atoms with Crippen molar-refractivity contribution in [3.63, 3.8) is 0 Å². The van der Waals surface area contributed by atoms with Crippen molar-refractivity contribution in [1.82, 2.24) is 15.2 Å². The predicted molar refractivity (Wildman–Crippen MR) is 46.8 cm³/mol. The molecule has 12 heavy (non-hydrogen) atoms. The van der Waals surface area contributed by atoms with Crippen LogP contribution in [0.25, 0.3) is 11.4 Å². The number of pyridine rings is 1. The summed E-state index contributed by atoms with van der Waals surface area (Å²) >= 11 is 5.66. The minimum absolute atomic E-state index is 0.524. The molecule has 2 rings (SSSR count). The van der Waals surface area contributed by atoms with Crippen molar-refractivity contribution < 1.29 is 0 Å². The van der Waals surface area contributed by atoms with Gasteiger partial charge in [-0.05, 0) is 12.1 Å². The number of aromatic amines is 1. The van der Waals surface area contributed by atoms with Crippen molar-refractivity contribution in [2.24, 2.45) is 0 Å². The molecule has 0 saturated carbocycles. The maximum absolute atomic E-state index is 5.66. The number of nitrogens with zero attached hydrogens (tertiary/aromatic N) is 2. The van der Waals surface area contributed by atoms with E-state index < -0.39 is 0 Å². The minimum atomic E-state index is 0.524. The third-order valence-corrected chi connectivity index (χ3v) is 1.67. The average molecular weight is 180 g/mol. The van der Waals surface area contributed by atoms with Crippen LogP contribution in [-0.2, 0) is 0 Å². The van der Waals surface area contributed by atoms with Crippen LogP contribution in [-0.4, -0.2) is 15.2 Å². The van der Waals surface area contributed by atoms with Crippen molar-refractivity contribution in [3.05, 3.63) is 35.6 Å². The topological polar surface area (TPSA) is 41.6 Å². The molecule has 0 unspecified atom stereocenters. The van der Waals surface area contributed by atoms with Crippen LogP contribution in [0.4, 0.5) is 0 Å². The van der Waals surface area contributed by atoms with Crippen LogP contribution in [0, 0.1) is 0 Å². The Hall–Kier alpha value is -1.35. The summed E-state index contributed by atoms with van der Waals surface area (Å²) < 4.78 is 0. The van der Waals surface area contributed by atoms with Gasteiger partial charge >= 0.3 is 0 Å². The van der Waals surface area contributed by atoms with E-state index in [2.05, 4.69) is 15.2 Å². The average Bonchev–Trinajstić information content (AvgIpc) is 2.54. The second-order valence-corrected chi connectivity index (χ2v) is 2.72. The van der Waals surface area contributed by atoms with Crippen LogP contribution in [0.15, 0.2) is 30.5 Å². The fourth-order valence-electron chi connectivity index (χ4n) is 0.944. The smallest absolute Gasteiger partial charge is 0.124 e. The summed E-state index contributed by atoms with van der Waals surface area (Å²) in [6.45, 7) is 0. The predicted octanol–water partition coefficient (Wildman–Crippen LogP) is 2.13. The van der Waals surface area contributed by atoms with Crippen molar-refractivity contribution in [2.75, 3.05) is 0 Å². The standard InChI is InChI=1S/C8H6ClN3/c9-8-5-7(11-12-8)6-3-1-2-4-10-6/h1-5H,(H,11,12). The molecule has 0 radical (unpaired) electrons. The van der Waals surface area contributed by atoms with Gasteiger partial charge in [0.15, 0.2) is 0 Å². The molecule has 2 heterocycles. The molecular weight excluding hydrogens is 174 g/mol. The van der Waals surface area contributed by atoms with E-state index >= 15 is 0 Å². The lowest BCUT2D eigenvalue weighted by atomic mass is 10.3. The van der Waals surface area contributed by atoms with Gasteiger partial charge in [0.2, 0.25) is 0 Å². The van der Waals surface area contributed by atoms with E-state index in [4.69, 9.17) is 11.6 Å². The van der Waals surface area contributed by atoms with Gasteiger partial charge in [-0.25, -0.2) is 0 Å². The molecule has 0 saturated heterocycles. The first-order valence-electron chi connectivity index (χ1n) is 3.48. The summed E-state index contributed by atoms with van der Waals surface area (Å²) in [4.78, 5) is 4.12. The van der Waals surface area contributed by atoms with Gasteiger partial charge in [-0.1, -0.05) is 17.7 Å². The molecule has 0 aliphatic heterocycles. The fourth-order valence-corrected chi connectivity index (χ4v) is 1.09. The zero-order valence-electron chi connectivity index (χ0n) is 6.16. The van der Waals surface area contributed by atoms with Gasteiger partial charge in [0.25, 0.3) is 0 Å². The number of hydrogen-bond donors (Lipinski definition) is 1. The first kappa shape index (κ1) is 7.31. The third-order valence-electron chi connectivity index (χ3n) is 1.47. The highest BCUT2D eigenvalue weighted by Gasteiger charge is 2.01. The van der Waals surface area contributed by atoms with Crippen LogP contribution < -0.4 is 0 Å². The molecule has 0 atom stereocenters. The van der Waals surface area contributed by atoms with E-state index in [1.165, 1.54) is 0 Å². The Kier molecular flexibility index (Phi) is 1.80. The summed E-state index contributed by atoms with van der Waals surface area (Å²) in [7, 11) is 0. The second kappa shape index (κ2) is 2.95. The first-order valence-corrected chi connectivity index (χ1v) is 3.86. The number of H-pyrrole nitrogens is 1. The monoisotopic (exact) mass is 179 g/mol. The van der Waals surface area contributed by atoms with Gasteiger partial charge < -0.3 is 0 Å². The Morgan fingerprint density at radius 2 is 2.17 bits per heavy atom. The lowest BCUT2D eigenvalue weighted by Crippen LogP contribution is -1.80. The Balaban J connectivity index is 2.45. The Morgan fingerprint density at radius 1 is 1.25 bits per heavy atom. The highest BCUT2D eigenvalue weighted by atomic mass is 35.5. The minimum Gasteiger partial charge on any atom is -0.267 e. The molecule has 0 spiro atoms. The summed E-state index contributed by atoms with van der Waals surface area (Å²) in [5.41, 5.74) is 1.58. The van der Waals surface area contributed by atoms with Gasteiger partial charge in [-0.2, -0.15) is 5.10 Å². The zero-order chi connectivity index (χ0) is 8.39. The van der Waals surface area contributed by atoms with Gasteiger partial charge in [0.05, 0.1) is 5.69 Å². The van der Waals surface area contributed by atoms with Gasteiger partial charge in [0.1, 0.15) is 10.8 Å². The van der Waals surface area contributed by atoms with E-state index in [-0.39, 0.29) is 0 Å². The van der Waals surface area contributed by atoms with Crippen LogP contribution >= 0.6 is 11.6 Å². The number of hydrogen-bond acceptors (Lipinski definition) is 2. The summed E-state index contributed by atoms with van der Waals surface area (Å²) in [6.07, 6.45) is 1.72. The third kappa shape index (κ3) is 1.31. The van der Waals surface area contributed by atoms with Crippen LogP contribution in [0.5, 0.6) is 0 Å². The molecular formula is C8H6ClN3. The highest BCUT2D eigenvalue weighted by molar-refractivity contribution is 6.29. The Morgan fingerprint density at radius 3 is 2.75 bits per heavy atom. The first-order chi connectivity index (χ1) is 5.86. The van der Waals surface area contributed by atoms with Crippen molar-refractivity contribution in [1.29, 1.82) is 0 Å². The molecule has 0 aromatic carbocycles.